The van der Waals surface area contributed by atoms with Gasteiger partial charge in [0.1, 0.15) is 5.76 Å². The minimum absolute atomic E-state index is 0.0167. The van der Waals surface area contributed by atoms with Crippen LogP contribution in [0.5, 0.6) is 0 Å². The van der Waals surface area contributed by atoms with Crippen molar-refractivity contribution in [2.45, 2.75) is 58.7 Å². The van der Waals surface area contributed by atoms with Crippen molar-refractivity contribution in [3.63, 3.8) is 0 Å². The van der Waals surface area contributed by atoms with Crippen LogP contribution in [0.1, 0.15) is 56.9 Å². The van der Waals surface area contributed by atoms with Crippen LogP contribution in [-0.4, -0.2) is 46.9 Å². The van der Waals surface area contributed by atoms with Crippen LogP contribution in [0.25, 0.3) is 0 Å². The van der Waals surface area contributed by atoms with Gasteiger partial charge < -0.3 is 15.1 Å². The summed E-state index contributed by atoms with van der Waals surface area (Å²) in [5, 5.41) is 0. The van der Waals surface area contributed by atoms with Crippen LogP contribution in [0, 0.1) is 0 Å². The Bertz CT molecular complexity index is 496. The predicted octanol–water partition coefficient (Wildman–Crippen LogP) is 2.46. The average molecular weight is 307 g/mol. The summed E-state index contributed by atoms with van der Waals surface area (Å²) in [4.78, 5) is 16.6. The highest BCUT2D eigenvalue weighted by Crippen LogP contribution is 2.20. The van der Waals surface area contributed by atoms with Gasteiger partial charge in [-0.25, -0.2) is 0 Å². The summed E-state index contributed by atoms with van der Waals surface area (Å²) in [7, 11) is 0. The molecule has 5 heteroatoms. The van der Waals surface area contributed by atoms with Gasteiger partial charge in [-0.3, -0.25) is 9.69 Å². The van der Waals surface area contributed by atoms with Crippen molar-refractivity contribution < 1.29 is 9.21 Å². The van der Waals surface area contributed by atoms with Crippen molar-refractivity contribution in [1.82, 2.24) is 9.80 Å². The van der Waals surface area contributed by atoms with Crippen molar-refractivity contribution in [3.8, 4) is 0 Å². The van der Waals surface area contributed by atoms with E-state index in [1.165, 1.54) is 0 Å². The Morgan fingerprint density at radius 1 is 1.36 bits per heavy atom. The number of likely N-dealkylation sites (tertiary alicyclic amines) is 1. The topological polar surface area (TPSA) is 62.7 Å². The second-order valence-corrected chi connectivity index (χ2v) is 7.08. The standard InChI is InChI=1S/C17H29N3O2/c1-5-20(17(2,3)4)12-14-6-7-15(22-14)16(21)19-10-8-13(18)9-11-19/h6-7,13H,5,8-12,18H2,1-4H3. The molecule has 5 nitrogen and oxygen atoms in total. The van der Waals surface area contributed by atoms with Gasteiger partial charge in [0.25, 0.3) is 5.91 Å². The Balaban J connectivity index is 2.00. The molecule has 0 bridgehead atoms. The number of nitrogens with two attached hydrogens (primary N) is 1. The van der Waals surface area contributed by atoms with Gasteiger partial charge in [-0.05, 0) is 52.3 Å². The van der Waals surface area contributed by atoms with Crippen LogP contribution >= 0.6 is 0 Å². The summed E-state index contributed by atoms with van der Waals surface area (Å²) >= 11 is 0. The van der Waals surface area contributed by atoms with Gasteiger partial charge in [-0.1, -0.05) is 6.92 Å². The molecule has 2 rings (SSSR count). The van der Waals surface area contributed by atoms with E-state index in [0.29, 0.717) is 5.76 Å². The smallest absolute Gasteiger partial charge is 0.289 e. The maximum atomic E-state index is 12.4. The van der Waals surface area contributed by atoms with Crippen LogP contribution in [0.4, 0.5) is 0 Å². The van der Waals surface area contributed by atoms with E-state index >= 15 is 0 Å². The molecule has 0 saturated carbocycles. The summed E-state index contributed by atoms with van der Waals surface area (Å²) in [5.41, 5.74) is 5.96. The first kappa shape index (κ1) is 17.0. The molecule has 0 aromatic carbocycles. The maximum Gasteiger partial charge on any atom is 0.289 e. The number of carbonyl (C=O) groups excluding carboxylic acids is 1. The van der Waals surface area contributed by atoms with Gasteiger partial charge in [0.15, 0.2) is 5.76 Å². The monoisotopic (exact) mass is 307 g/mol. The van der Waals surface area contributed by atoms with Crippen LogP contribution in [0.15, 0.2) is 16.5 Å². The molecule has 124 valence electrons. The highest BCUT2D eigenvalue weighted by molar-refractivity contribution is 5.91. The molecule has 0 spiro atoms. The highest BCUT2D eigenvalue weighted by Gasteiger charge is 2.25. The minimum atomic E-state index is -0.0167. The Morgan fingerprint density at radius 3 is 2.55 bits per heavy atom. The number of piperidine rings is 1. The third-order valence-corrected chi connectivity index (χ3v) is 4.38. The van der Waals surface area contributed by atoms with Crippen molar-refractivity contribution in [2.75, 3.05) is 19.6 Å². The van der Waals surface area contributed by atoms with Crippen LogP contribution in [0.3, 0.4) is 0 Å². The molecular formula is C17H29N3O2. The van der Waals surface area contributed by atoms with E-state index < -0.39 is 0 Å². The fraction of sp³-hybridized carbons (Fsp3) is 0.706. The van der Waals surface area contributed by atoms with Gasteiger partial charge in [0.2, 0.25) is 0 Å². The fourth-order valence-electron chi connectivity index (χ4n) is 2.85. The van der Waals surface area contributed by atoms with E-state index in [2.05, 4.69) is 32.6 Å². The SMILES string of the molecule is CCN(Cc1ccc(C(=O)N2CCC(N)CC2)o1)C(C)(C)C. The number of hydrogen-bond donors (Lipinski definition) is 1. The third kappa shape index (κ3) is 4.11. The molecule has 1 aliphatic heterocycles. The molecule has 1 aromatic rings. The Morgan fingerprint density at radius 2 is 2.00 bits per heavy atom. The summed E-state index contributed by atoms with van der Waals surface area (Å²) in [5.74, 6) is 1.27. The van der Waals surface area contributed by atoms with E-state index in [1.54, 1.807) is 6.07 Å². The number of nitrogens with zero attached hydrogens (tertiary/aromatic N) is 2. The third-order valence-electron chi connectivity index (χ3n) is 4.38. The molecule has 0 atom stereocenters. The van der Waals surface area contributed by atoms with Crippen molar-refractivity contribution in [2.24, 2.45) is 5.73 Å². The Hall–Kier alpha value is -1.33. The number of furan rings is 1. The first-order valence-electron chi connectivity index (χ1n) is 8.20. The second kappa shape index (κ2) is 6.84. The predicted molar refractivity (Wildman–Crippen MR) is 87.7 cm³/mol. The van der Waals surface area contributed by atoms with Crippen molar-refractivity contribution in [1.29, 1.82) is 0 Å². The van der Waals surface area contributed by atoms with E-state index in [-0.39, 0.29) is 17.5 Å². The van der Waals surface area contributed by atoms with Crippen molar-refractivity contribution in [3.05, 3.63) is 23.7 Å². The lowest BCUT2D eigenvalue weighted by Crippen LogP contribution is -2.42. The molecule has 1 amide bonds. The molecule has 0 aliphatic carbocycles. The lowest BCUT2D eigenvalue weighted by Gasteiger charge is -2.33. The van der Waals surface area contributed by atoms with Gasteiger partial charge in [0.05, 0.1) is 6.54 Å². The Kier molecular flexibility index (Phi) is 5.29. The van der Waals surface area contributed by atoms with E-state index in [4.69, 9.17) is 10.2 Å². The zero-order valence-electron chi connectivity index (χ0n) is 14.3. The molecule has 0 unspecified atom stereocenters. The van der Waals surface area contributed by atoms with Crippen LogP contribution in [0.2, 0.25) is 0 Å². The van der Waals surface area contributed by atoms with Gasteiger partial charge in [-0.2, -0.15) is 0 Å². The molecule has 1 aromatic heterocycles. The highest BCUT2D eigenvalue weighted by atomic mass is 16.4. The van der Waals surface area contributed by atoms with Gasteiger partial charge >= 0.3 is 0 Å². The first-order valence-corrected chi connectivity index (χ1v) is 8.20. The van der Waals surface area contributed by atoms with E-state index in [1.807, 2.05) is 11.0 Å². The molecule has 2 heterocycles. The second-order valence-electron chi connectivity index (χ2n) is 7.08. The first-order chi connectivity index (χ1) is 10.3. The zero-order chi connectivity index (χ0) is 16.3. The lowest BCUT2D eigenvalue weighted by molar-refractivity contribution is 0.0675. The van der Waals surface area contributed by atoms with Gasteiger partial charge in [-0.15, -0.1) is 0 Å². The number of carbonyl (C=O) groups is 1. The molecule has 2 N–H and O–H groups in total. The lowest BCUT2D eigenvalue weighted by atomic mass is 10.1. The number of rotatable bonds is 4. The maximum absolute atomic E-state index is 12.4. The van der Waals surface area contributed by atoms with E-state index in [9.17, 15) is 4.79 Å². The number of amides is 1. The summed E-state index contributed by atoms with van der Waals surface area (Å²) < 4.78 is 5.79. The summed E-state index contributed by atoms with van der Waals surface area (Å²) in [6.45, 7) is 11.8. The fourth-order valence-corrected chi connectivity index (χ4v) is 2.85. The van der Waals surface area contributed by atoms with Crippen LogP contribution in [-0.2, 0) is 6.54 Å². The molecule has 1 saturated heterocycles. The molecule has 0 radical (unpaired) electrons. The van der Waals surface area contributed by atoms with E-state index in [0.717, 1.165) is 44.8 Å². The molecular weight excluding hydrogens is 278 g/mol. The molecule has 1 fully saturated rings. The van der Waals surface area contributed by atoms with Crippen LogP contribution < -0.4 is 5.73 Å². The minimum Gasteiger partial charge on any atom is -0.455 e. The molecule has 22 heavy (non-hydrogen) atoms. The number of hydrogen-bond acceptors (Lipinski definition) is 4. The molecule has 1 aliphatic rings. The summed E-state index contributed by atoms with van der Waals surface area (Å²) in [6, 6.07) is 3.93. The van der Waals surface area contributed by atoms with Gasteiger partial charge in [0, 0.05) is 24.7 Å². The largest absolute Gasteiger partial charge is 0.455 e. The zero-order valence-corrected chi connectivity index (χ0v) is 14.3. The quantitative estimate of drug-likeness (QED) is 0.928. The summed E-state index contributed by atoms with van der Waals surface area (Å²) in [6.07, 6.45) is 1.74. The normalized spacial score (nSPS) is 17.3. The Labute approximate surface area is 133 Å². The van der Waals surface area contributed by atoms with Crippen molar-refractivity contribution >= 4 is 5.91 Å². The average Bonchev–Trinajstić information content (AvgIpc) is 2.92.